The molecule has 0 radical (unpaired) electrons. The molecule has 1 saturated carbocycles. The molecule has 2 nitrogen and oxygen atoms in total. The maximum Gasteiger partial charge on any atom is 0.126 e. The maximum atomic E-state index is 13.8. The normalized spacial score (nSPS) is 29.3. The lowest BCUT2D eigenvalue weighted by Gasteiger charge is -2.39. The minimum Gasteiger partial charge on any atom is -0.314 e. The summed E-state index contributed by atoms with van der Waals surface area (Å²) in [5.41, 5.74) is 0.932. The Bertz CT molecular complexity index is 407. The van der Waals surface area contributed by atoms with Crippen LogP contribution in [0.2, 0.25) is 0 Å². The van der Waals surface area contributed by atoms with Crippen molar-refractivity contribution in [3.63, 3.8) is 0 Å². The summed E-state index contributed by atoms with van der Waals surface area (Å²) in [5.74, 6) is 0.411. The van der Waals surface area contributed by atoms with Crippen molar-refractivity contribution in [1.29, 1.82) is 0 Å². The molecule has 1 saturated heterocycles. The van der Waals surface area contributed by atoms with Crippen molar-refractivity contribution in [3.8, 4) is 0 Å². The molecule has 0 spiro atoms. The van der Waals surface area contributed by atoms with E-state index in [0.29, 0.717) is 5.92 Å². The monoisotopic (exact) mass is 262 g/mol. The fraction of sp³-hybridized carbons (Fsp3) is 0.625. The number of rotatable bonds is 2. The smallest absolute Gasteiger partial charge is 0.126 e. The number of nitrogens with one attached hydrogen (secondary N) is 1. The molecule has 1 heterocycles. The summed E-state index contributed by atoms with van der Waals surface area (Å²) in [6, 6.07) is 8.03. The molecule has 0 atom stereocenters. The summed E-state index contributed by atoms with van der Waals surface area (Å²) in [4.78, 5) is 2.62. The van der Waals surface area contributed by atoms with Crippen molar-refractivity contribution in [1.82, 2.24) is 10.2 Å². The van der Waals surface area contributed by atoms with Crippen LogP contribution in [0.5, 0.6) is 0 Å². The Morgan fingerprint density at radius 2 is 1.68 bits per heavy atom. The summed E-state index contributed by atoms with van der Waals surface area (Å²) in [6.07, 6.45) is 4.71. The number of halogens is 1. The van der Waals surface area contributed by atoms with Crippen LogP contribution in [0.3, 0.4) is 0 Å². The van der Waals surface area contributed by atoms with Crippen LogP contribution in [0.1, 0.15) is 37.2 Å². The number of hydrogen-bond donors (Lipinski definition) is 1. The highest BCUT2D eigenvalue weighted by molar-refractivity contribution is 5.22. The molecule has 1 aliphatic carbocycles. The van der Waals surface area contributed by atoms with Gasteiger partial charge in [-0.05, 0) is 43.2 Å². The fourth-order valence-corrected chi connectivity index (χ4v) is 3.61. The first kappa shape index (κ1) is 13.1. The molecule has 1 aliphatic heterocycles. The molecule has 104 valence electrons. The van der Waals surface area contributed by atoms with E-state index in [9.17, 15) is 4.39 Å². The van der Waals surface area contributed by atoms with Gasteiger partial charge in [-0.3, -0.25) is 4.90 Å². The third-order valence-electron chi connectivity index (χ3n) is 4.71. The van der Waals surface area contributed by atoms with Crippen molar-refractivity contribution in [2.75, 3.05) is 26.2 Å². The number of benzene rings is 1. The predicted octanol–water partition coefficient (Wildman–Crippen LogP) is 2.76. The van der Waals surface area contributed by atoms with E-state index in [0.717, 1.165) is 37.5 Å². The zero-order chi connectivity index (χ0) is 13.1. The summed E-state index contributed by atoms with van der Waals surface area (Å²) in [5, 5.41) is 3.40. The van der Waals surface area contributed by atoms with Gasteiger partial charge in [0.15, 0.2) is 0 Å². The van der Waals surface area contributed by atoms with Gasteiger partial charge < -0.3 is 5.32 Å². The van der Waals surface area contributed by atoms with Gasteiger partial charge in [0, 0.05) is 32.2 Å². The highest BCUT2D eigenvalue weighted by atomic mass is 19.1. The largest absolute Gasteiger partial charge is 0.314 e. The van der Waals surface area contributed by atoms with E-state index in [1.807, 2.05) is 12.1 Å². The summed E-state index contributed by atoms with van der Waals surface area (Å²) in [7, 11) is 0. The SMILES string of the molecule is Fc1ccccc1C1CCC(N2CCNCC2)CC1. The van der Waals surface area contributed by atoms with Gasteiger partial charge in [0.05, 0.1) is 0 Å². The molecule has 1 aromatic carbocycles. The summed E-state index contributed by atoms with van der Waals surface area (Å²) < 4.78 is 13.8. The third-order valence-corrected chi connectivity index (χ3v) is 4.71. The maximum absolute atomic E-state index is 13.8. The van der Waals surface area contributed by atoms with Crippen LogP contribution in [-0.4, -0.2) is 37.1 Å². The van der Waals surface area contributed by atoms with E-state index in [-0.39, 0.29) is 5.82 Å². The van der Waals surface area contributed by atoms with Crippen molar-refractivity contribution in [2.24, 2.45) is 0 Å². The van der Waals surface area contributed by atoms with Crippen LogP contribution in [-0.2, 0) is 0 Å². The Morgan fingerprint density at radius 3 is 2.37 bits per heavy atom. The summed E-state index contributed by atoms with van der Waals surface area (Å²) >= 11 is 0. The van der Waals surface area contributed by atoms with Gasteiger partial charge >= 0.3 is 0 Å². The number of hydrogen-bond acceptors (Lipinski definition) is 2. The zero-order valence-electron chi connectivity index (χ0n) is 11.4. The molecule has 2 aliphatic rings. The van der Waals surface area contributed by atoms with Crippen LogP contribution in [0, 0.1) is 5.82 Å². The van der Waals surface area contributed by atoms with Gasteiger partial charge in [0.25, 0.3) is 0 Å². The highest BCUT2D eigenvalue weighted by Crippen LogP contribution is 2.35. The standard InChI is InChI=1S/C16H23FN2/c17-16-4-2-1-3-15(16)13-5-7-14(8-6-13)19-11-9-18-10-12-19/h1-4,13-14,18H,5-12H2. The predicted molar refractivity (Wildman–Crippen MR) is 75.8 cm³/mol. The van der Waals surface area contributed by atoms with Crippen LogP contribution >= 0.6 is 0 Å². The van der Waals surface area contributed by atoms with Gasteiger partial charge in [0.2, 0.25) is 0 Å². The van der Waals surface area contributed by atoms with Gasteiger partial charge in [-0.25, -0.2) is 4.39 Å². The van der Waals surface area contributed by atoms with Crippen LogP contribution in [0.25, 0.3) is 0 Å². The van der Waals surface area contributed by atoms with E-state index >= 15 is 0 Å². The first-order chi connectivity index (χ1) is 9.34. The second kappa shape index (κ2) is 6.02. The minimum atomic E-state index is -0.0203. The summed E-state index contributed by atoms with van der Waals surface area (Å²) in [6.45, 7) is 4.59. The molecular formula is C16H23FN2. The molecule has 0 bridgehead atoms. The van der Waals surface area contributed by atoms with E-state index < -0.39 is 0 Å². The van der Waals surface area contributed by atoms with E-state index in [2.05, 4.69) is 10.2 Å². The lowest BCUT2D eigenvalue weighted by molar-refractivity contribution is 0.132. The van der Waals surface area contributed by atoms with Crippen molar-refractivity contribution >= 4 is 0 Å². The van der Waals surface area contributed by atoms with Gasteiger partial charge in [-0.1, -0.05) is 18.2 Å². The second-order valence-electron chi connectivity index (χ2n) is 5.81. The Kier molecular flexibility index (Phi) is 4.14. The molecule has 1 aromatic rings. The lowest BCUT2D eigenvalue weighted by Crippen LogP contribution is -2.49. The van der Waals surface area contributed by atoms with Gasteiger partial charge in [-0.15, -0.1) is 0 Å². The van der Waals surface area contributed by atoms with Crippen molar-refractivity contribution < 1.29 is 4.39 Å². The van der Waals surface area contributed by atoms with Crippen LogP contribution in [0.4, 0.5) is 4.39 Å². The zero-order valence-corrected chi connectivity index (χ0v) is 11.4. The van der Waals surface area contributed by atoms with E-state index in [1.54, 1.807) is 12.1 Å². The topological polar surface area (TPSA) is 15.3 Å². The Hall–Kier alpha value is -0.930. The quantitative estimate of drug-likeness (QED) is 0.881. The Morgan fingerprint density at radius 1 is 1.00 bits per heavy atom. The van der Waals surface area contributed by atoms with E-state index in [1.165, 1.54) is 25.9 Å². The first-order valence-corrected chi connectivity index (χ1v) is 7.54. The van der Waals surface area contributed by atoms with Crippen molar-refractivity contribution in [2.45, 2.75) is 37.6 Å². The molecule has 1 N–H and O–H groups in total. The average Bonchev–Trinajstić information content (AvgIpc) is 2.49. The third kappa shape index (κ3) is 2.98. The molecule has 0 amide bonds. The fourth-order valence-electron chi connectivity index (χ4n) is 3.61. The number of nitrogens with zero attached hydrogens (tertiary/aromatic N) is 1. The van der Waals surface area contributed by atoms with E-state index in [4.69, 9.17) is 0 Å². The Balaban J connectivity index is 1.58. The molecule has 3 heteroatoms. The van der Waals surface area contributed by atoms with Crippen LogP contribution < -0.4 is 5.32 Å². The minimum absolute atomic E-state index is 0.0203. The van der Waals surface area contributed by atoms with Gasteiger partial charge in [-0.2, -0.15) is 0 Å². The molecule has 2 fully saturated rings. The van der Waals surface area contributed by atoms with Crippen molar-refractivity contribution in [3.05, 3.63) is 35.6 Å². The molecular weight excluding hydrogens is 239 g/mol. The first-order valence-electron chi connectivity index (χ1n) is 7.54. The highest BCUT2D eigenvalue weighted by Gasteiger charge is 2.28. The average molecular weight is 262 g/mol. The Labute approximate surface area is 115 Å². The van der Waals surface area contributed by atoms with Crippen LogP contribution in [0.15, 0.2) is 24.3 Å². The molecule has 19 heavy (non-hydrogen) atoms. The number of piperazine rings is 1. The molecule has 3 rings (SSSR count). The lowest BCUT2D eigenvalue weighted by atomic mass is 9.81. The molecule has 0 aromatic heterocycles. The van der Waals surface area contributed by atoms with Gasteiger partial charge in [0.1, 0.15) is 5.82 Å². The molecule has 0 unspecified atom stereocenters. The second-order valence-corrected chi connectivity index (χ2v) is 5.81.